The van der Waals surface area contributed by atoms with Gasteiger partial charge in [-0.15, -0.1) is 0 Å². The summed E-state index contributed by atoms with van der Waals surface area (Å²) in [7, 11) is 0. The van der Waals surface area contributed by atoms with Gasteiger partial charge in [0.05, 0.1) is 11.3 Å². The molecule has 1 aromatic carbocycles. The van der Waals surface area contributed by atoms with Crippen LogP contribution in [0.4, 0.5) is 0 Å². The van der Waals surface area contributed by atoms with Crippen LogP contribution in [0.25, 0.3) is 11.3 Å². The Hall–Kier alpha value is -1.74. The van der Waals surface area contributed by atoms with E-state index >= 15 is 0 Å². The average Bonchev–Trinajstić information content (AvgIpc) is 2.82. The molecular formula is C14H14ClNO2. The maximum absolute atomic E-state index is 11.9. The molecule has 1 N–H and O–H groups in total. The molecule has 0 bridgehead atoms. The molecule has 4 heteroatoms. The fraction of sp³-hybridized carbons (Fsp3) is 0.214. The van der Waals surface area contributed by atoms with Gasteiger partial charge in [-0.05, 0) is 44.2 Å². The standard InChI is InChI=1S/C14H14ClNO2/c1-9(2)16-14(17)10-5-6-12(15)11(8-10)13-4-3-7-18-13/h3-9H,1-2H3,(H,16,17). The summed E-state index contributed by atoms with van der Waals surface area (Å²) in [6.07, 6.45) is 1.58. The van der Waals surface area contributed by atoms with E-state index < -0.39 is 0 Å². The lowest BCUT2D eigenvalue weighted by Crippen LogP contribution is -2.30. The molecule has 0 aliphatic rings. The Morgan fingerprint density at radius 1 is 1.33 bits per heavy atom. The van der Waals surface area contributed by atoms with Crippen molar-refractivity contribution in [2.24, 2.45) is 0 Å². The van der Waals surface area contributed by atoms with E-state index in [9.17, 15) is 4.79 Å². The van der Waals surface area contributed by atoms with Gasteiger partial charge in [-0.1, -0.05) is 11.6 Å². The first-order valence-corrected chi connectivity index (χ1v) is 6.10. The lowest BCUT2D eigenvalue weighted by Gasteiger charge is -2.09. The summed E-state index contributed by atoms with van der Waals surface area (Å²) in [6, 6.07) is 8.83. The first-order valence-electron chi connectivity index (χ1n) is 5.72. The molecule has 1 amide bonds. The molecule has 18 heavy (non-hydrogen) atoms. The van der Waals surface area contributed by atoms with Crippen LogP contribution >= 0.6 is 11.6 Å². The van der Waals surface area contributed by atoms with Gasteiger partial charge in [-0.3, -0.25) is 4.79 Å². The number of nitrogens with one attached hydrogen (secondary N) is 1. The van der Waals surface area contributed by atoms with Crippen LogP contribution in [0.5, 0.6) is 0 Å². The number of hydrogen-bond donors (Lipinski definition) is 1. The molecule has 1 heterocycles. The third-order valence-electron chi connectivity index (χ3n) is 2.43. The first-order chi connectivity index (χ1) is 8.58. The highest BCUT2D eigenvalue weighted by molar-refractivity contribution is 6.33. The number of amides is 1. The van der Waals surface area contributed by atoms with Crippen molar-refractivity contribution in [2.75, 3.05) is 0 Å². The van der Waals surface area contributed by atoms with E-state index in [0.29, 0.717) is 16.3 Å². The van der Waals surface area contributed by atoms with Crippen molar-refractivity contribution in [3.63, 3.8) is 0 Å². The van der Waals surface area contributed by atoms with Crippen molar-refractivity contribution < 1.29 is 9.21 Å². The van der Waals surface area contributed by atoms with E-state index in [2.05, 4.69) is 5.32 Å². The molecule has 0 spiro atoms. The van der Waals surface area contributed by atoms with E-state index in [1.54, 1.807) is 30.5 Å². The summed E-state index contributed by atoms with van der Waals surface area (Å²) in [4.78, 5) is 11.9. The second-order valence-corrected chi connectivity index (χ2v) is 4.71. The Morgan fingerprint density at radius 3 is 2.72 bits per heavy atom. The third-order valence-corrected chi connectivity index (χ3v) is 2.76. The molecule has 0 aliphatic heterocycles. The minimum Gasteiger partial charge on any atom is -0.464 e. The lowest BCUT2D eigenvalue weighted by molar-refractivity contribution is 0.0943. The van der Waals surface area contributed by atoms with Gasteiger partial charge in [-0.2, -0.15) is 0 Å². The number of halogens is 1. The monoisotopic (exact) mass is 263 g/mol. The first kappa shape index (κ1) is 12.7. The SMILES string of the molecule is CC(C)NC(=O)c1ccc(Cl)c(-c2ccco2)c1. The molecule has 0 radical (unpaired) electrons. The summed E-state index contributed by atoms with van der Waals surface area (Å²) >= 11 is 6.11. The molecule has 0 fully saturated rings. The lowest BCUT2D eigenvalue weighted by atomic mass is 10.1. The van der Waals surface area contributed by atoms with Gasteiger partial charge in [0, 0.05) is 17.2 Å². The zero-order chi connectivity index (χ0) is 13.1. The number of carbonyl (C=O) groups excluding carboxylic acids is 1. The second kappa shape index (κ2) is 5.27. The Bertz CT molecular complexity index is 547. The highest BCUT2D eigenvalue weighted by Gasteiger charge is 2.12. The van der Waals surface area contributed by atoms with Gasteiger partial charge in [0.2, 0.25) is 0 Å². The number of benzene rings is 1. The summed E-state index contributed by atoms with van der Waals surface area (Å²) in [6.45, 7) is 3.84. The normalized spacial score (nSPS) is 10.7. The van der Waals surface area contributed by atoms with Crippen molar-refractivity contribution >= 4 is 17.5 Å². The van der Waals surface area contributed by atoms with E-state index in [1.165, 1.54) is 0 Å². The molecule has 3 nitrogen and oxygen atoms in total. The topological polar surface area (TPSA) is 42.2 Å². The minimum absolute atomic E-state index is 0.0974. The minimum atomic E-state index is -0.116. The molecule has 1 aromatic heterocycles. The van der Waals surface area contributed by atoms with Crippen LogP contribution in [0.3, 0.4) is 0 Å². The predicted octanol–water partition coefficient (Wildman–Crippen LogP) is 3.74. The maximum atomic E-state index is 11.9. The summed E-state index contributed by atoms with van der Waals surface area (Å²) in [5.41, 5.74) is 1.29. The molecule has 2 aromatic rings. The molecule has 0 saturated carbocycles. The van der Waals surface area contributed by atoms with Crippen LogP contribution in [0.15, 0.2) is 41.0 Å². The van der Waals surface area contributed by atoms with Gasteiger partial charge in [0.15, 0.2) is 0 Å². The van der Waals surface area contributed by atoms with Crippen LogP contribution in [0.2, 0.25) is 5.02 Å². The van der Waals surface area contributed by atoms with E-state index in [-0.39, 0.29) is 11.9 Å². The van der Waals surface area contributed by atoms with Gasteiger partial charge < -0.3 is 9.73 Å². The number of carbonyl (C=O) groups is 1. The zero-order valence-electron chi connectivity index (χ0n) is 10.2. The Kier molecular flexibility index (Phi) is 3.72. The van der Waals surface area contributed by atoms with Crippen molar-refractivity contribution in [1.29, 1.82) is 0 Å². The van der Waals surface area contributed by atoms with Gasteiger partial charge in [-0.25, -0.2) is 0 Å². The largest absolute Gasteiger partial charge is 0.464 e. The zero-order valence-corrected chi connectivity index (χ0v) is 11.0. The summed E-state index contributed by atoms with van der Waals surface area (Å²) in [5, 5.41) is 3.40. The van der Waals surface area contributed by atoms with Crippen LogP contribution < -0.4 is 5.32 Å². The quantitative estimate of drug-likeness (QED) is 0.917. The van der Waals surface area contributed by atoms with E-state index in [1.807, 2.05) is 19.9 Å². The second-order valence-electron chi connectivity index (χ2n) is 4.30. The smallest absolute Gasteiger partial charge is 0.251 e. The van der Waals surface area contributed by atoms with Crippen molar-refractivity contribution in [3.05, 3.63) is 47.2 Å². The summed E-state index contributed by atoms with van der Waals surface area (Å²) in [5.74, 6) is 0.536. The Labute approximate surface area is 111 Å². The number of hydrogen-bond acceptors (Lipinski definition) is 2. The Morgan fingerprint density at radius 2 is 2.11 bits per heavy atom. The fourth-order valence-electron chi connectivity index (χ4n) is 1.63. The van der Waals surface area contributed by atoms with Gasteiger partial charge in [0.25, 0.3) is 5.91 Å². The number of furan rings is 1. The third kappa shape index (κ3) is 2.74. The highest BCUT2D eigenvalue weighted by Crippen LogP contribution is 2.29. The van der Waals surface area contributed by atoms with Crippen LogP contribution in [-0.4, -0.2) is 11.9 Å². The van der Waals surface area contributed by atoms with Crippen LogP contribution in [0, 0.1) is 0 Å². The van der Waals surface area contributed by atoms with Gasteiger partial charge in [0.1, 0.15) is 5.76 Å². The van der Waals surface area contributed by atoms with Crippen molar-refractivity contribution in [3.8, 4) is 11.3 Å². The predicted molar refractivity (Wildman–Crippen MR) is 71.8 cm³/mol. The molecule has 0 aliphatic carbocycles. The fourth-order valence-corrected chi connectivity index (χ4v) is 1.84. The van der Waals surface area contributed by atoms with Crippen molar-refractivity contribution in [1.82, 2.24) is 5.32 Å². The molecule has 0 saturated heterocycles. The van der Waals surface area contributed by atoms with Gasteiger partial charge >= 0.3 is 0 Å². The summed E-state index contributed by atoms with van der Waals surface area (Å²) < 4.78 is 5.30. The molecular weight excluding hydrogens is 250 g/mol. The number of rotatable bonds is 3. The maximum Gasteiger partial charge on any atom is 0.251 e. The van der Waals surface area contributed by atoms with E-state index in [0.717, 1.165) is 5.56 Å². The Balaban J connectivity index is 2.35. The van der Waals surface area contributed by atoms with Crippen LogP contribution in [0.1, 0.15) is 24.2 Å². The highest BCUT2D eigenvalue weighted by atomic mass is 35.5. The van der Waals surface area contributed by atoms with Crippen molar-refractivity contribution in [2.45, 2.75) is 19.9 Å². The molecule has 0 atom stereocenters. The molecule has 0 unspecified atom stereocenters. The molecule has 2 rings (SSSR count). The van der Waals surface area contributed by atoms with E-state index in [4.69, 9.17) is 16.0 Å². The van der Waals surface area contributed by atoms with Crippen LogP contribution in [-0.2, 0) is 0 Å². The molecule has 94 valence electrons. The average molecular weight is 264 g/mol.